The van der Waals surface area contributed by atoms with Gasteiger partial charge < -0.3 is 10.4 Å². The van der Waals surface area contributed by atoms with Crippen molar-refractivity contribution >= 4 is 11.9 Å². The van der Waals surface area contributed by atoms with Crippen LogP contribution in [0.4, 0.5) is 0 Å². The lowest BCUT2D eigenvalue weighted by Gasteiger charge is -2.38. The summed E-state index contributed by atoms with van der Waals surface area (Å²) < 4.78 is 0. The van der Waals surface area contributed by atoms with Gasteiger partial charge in [-0.15, -0.1) is 0 Å². The number of hydrogen-bond acceptors (Lipinski definition) is 3. The first kappa shape index (κ1) is 14.2. The largest absolute Gasteiger partial charge is 0.481 e. The van der Waals surface area contributed by atoms with E-state index in [2.05, 4.69) is 15.5 Å². The summed E-state index contributed by atoms with van der Waals surface area (Å²) in [7, 11) is 0. The molecule has 6 nitrogen and oxygen atoms in total. The highest BCUT2D eigenvalue weighted by atomic mass is 16.4. The SMILES string of the molecule is Cc1cc(C(=O)NC(C)(C)C(C)(C)C(=O)O)n[nH]1. The van der Waals surface area contributed by atoms with E-state index in [1.54, 1.807) is 40.7 Å². The Hall–Kier alpha value is -1.85. The molecule has 0 unspecified atom stereocenters. The van der Waals surface area contributed by atoms with Crippen LogP contribution in [0.2, 0.25) is 0 Å². The predicted molar refractivity (Wildman–Crippen MR) is 66.3 cm³/mol. The second kappa shape index (κ2) is 4.44. The summed E-state index contributed by atoms with van der Waals surface area (Å²) in [6.07, 6.45) is 0. The molecule has 3 N–H and O–H groups in total. The first-order valence-corrected chi connectivity index (χ1v) is 5.66. The molecule has 1 rings (SSSR count). The number of rotatable bonds is 4. The van der Waals surface area contributed by atoms with Gasteiger partial charge in [0.2, 0.25) is 0 Å². The van der Waals surface area contributed by atoms with E-state index in [0.29, 0.717) is 0 Å². The van der Waals surface area contributed by atoms with Gasteiger partial charge in [0.05, 0.1) is 11.0 Å². The van der Waals surface area contributed by atoms with E-state index in [1.165, 1.54) is 0 Å². The van der Waals surface area contributed by atoms with Crippen molar-refractivity contribution in [1.82, 2.24) is 15.5 Å². The van der Waals surface area contributed by atoms with Gasteiger partial charge in [-0.05, 0) is 40.7 Å². The van der Waals surface area contributed by atoms with Gasteiger partial charge in [-0.2, -0.15) is 5.10 Å². The minimum absolute atomic E-state index is 0.252. The number of aliphatic carboxylic acids is 1. The molecule has 18 heavy (non-hydrogen) atoms. The molecule has 0 aliphatic heterocycles. The number of hydrogen-bond donors (Lipinski definition) is 3. The molecular formula is C12H19N3O3. The van der Waals surface area contributed by atoms with Crippen LogP contribution in [-0.2, 0) is 4.79 Å². The van der Waals surface area contributed by atoms with Crippen LogP contribution in [0.15, 0.2) is 6.07 Å². The zero-order chi connectivity index (χ0) is 14.1. The molecule has 1 heterocycles. The van der Waals surface area contributed by atoms with Gasteiger partial charge in [-0.25, -0.2) is 0 Å². The van der Waals surface area contributed by atoms with E-state index in [1.807, 2.05) is 0 Å². The summed E-state index contributed by atoms with van der Waals surface area (Å²) in [4.78, 5) is 23.2. The number of carboxylic acid groups (broad SMARTS) is 1. The quantitative estimate of drug-likeness (QED) is 0.754. The van der Waals surface area contributed by atoms with Crippen molar-refractivity contribution in [2.24, 2.45) is 5.41 Å². The van der Waals surface area contributed by atoms with Crippen molar-refractivity contribution in [3.63, 3.8) is 0 Å². The maximum absolute atomic E-state index is 12.0. The average molecular weight is 253 g/mol. The predicted octanol–water partition coefficient (Wildman–Crippen LogP) is 1.34. The third-order valence-electron chi connectivity index (χ3n) is 3.46. The zero-order valence-corrected chi connectivity index (χ0v) is 11.3. The topological polar surface area (TPSA) is 95.1 Å². The molecule has 0 aromatic carbocycles. The Morgan fingerprint density at radius 3 is 2.28 bits per heavy atom. The van der Waals surface area contributed by atoms with E-state index in [9.17, 15) is 14.7 Å². The van der Waals surface area contributed by atoms with Crippen LogP contribution >= 0.6 is 0 Å². The molecule has 0 bridgehead atoms. The normalized spacial score (nSPS) is 12.3. The number of nitrogens with zero attached hydrogens (tertiary/aromatic N) is 1. The highest BCUT2D eigenvalue weighted by molar-refractivity contribution is 5.93. The van der Waals surface area contributed by atoms with Crippen LogP contribution in [0, 0.1) is 12.3 Å². The average Bonchev–Trinajstić information content (AvgIpc) is 2.63. The number of aromatic nitrogens is 2. The molecule has 0 aliphatic rings. The number of H-pyrrole nitrogens is 1. The number of aryl methyl sites for hydroxylation is 1. The molecule has 1 aromatic rings. The van der Waals surface area contributed by atoms with Gasteiger partial charge >= 0.3 is 5.97 Å². The standard InChI is InChI=1S/C12H19N3O3/c1-7-6-8(15-14-7)9(16)13-12(4,5)11(2,3)10(17)18/h6H,1-5H3,(H,13,16)(H,14,15)(H,17,18). The second-order valence-corrected chi connectivity index (χ2v) is 5.45. The van der Waals surface area contributed by atoms with Gasteiger partial charge in [-0.3, -0.25) is 14.7 Å². The molecule has 0 saturated heterocycles. The van der Waals surface area contributed by atoms with E-state index in [-0.39, 0.29) is 5.69 Å². The highest BCUT2D eigenvalue weighted by Gasteiger charge is 2.44. The highest BCUT2D eigenvalue weighted by Crippen LogP contribution is 2.30. The summed E-state index contributed by atoms with van der Waals surface area (Å²) in [5.41, 5.74) is -0.964. The maximum Gasteiger partial charge on any atom is 0.311 e. The summed E-state index contributed by atoms with van der Waals surface area (Å²) in [6, 6.07) is 1.61. The number of amides is 1. The molecule has 1 amide bonds. The van der Waals surface area contributed by atoms with Crippen LogP contribution in [0.25, 0.3) is 0 Å². The van der Waals surface area contributed by atoms with Crippen LogP contribution in [0.1, 0.15) is 43.9 Å². The lowest BCUT2D eigenvalue weighted by Crippen LogP contribution is -2.57. The van der Waals surface area contributed by atoms with Crippen LogP contribution in [-0.4, -0.2) is 32.7 Å². The zero-order valence-electron chi connectivity index (χ0n) is 11.3. The summed E-state index contributed by atoms with van der Waals surface area (Å²) in [6.45, 7) is 8.30. The van der Waals surface area contributed by atoms with E-state index >= 15 is 0 Å². The Balaban J connectivity index is 2.90. The van der Waals surface area contributed by atoms with Gasteiger partial charge in [0.15, 0.2) is 0 Å². The third kappa shape index (κ3) is 2.52. The molecule has 100 valence electrons. The van der Waals surface area contributed by atoms with Crippen molar-refractivity contribution in [2.45, 2.75) is 40.2 Å². The van der Waals surface area contributed by atoms with Crippen molar-refractivity contribution < 1.29 is 14.7 Å². The Morgan fingerprint density at radius 2 is 1.89 bits per heavy atom. The summed E-state index contributed by atoms with van der Waals surface area (Å²) >= 11 is 0. The number of aromatic amines is 1. The van der Waals surface area contributed by atoms with E-state index in [4.69, 9.17) is 0 Å². The van der Waals surface area contributed by atoms with Gasteiger partial charge in [0, 0.05) is 5.69 Å². The molecule has 0 atom stereocenters. The summed E-state index contributed by atoms with van der Waals surface area (Å²) in [5.74, 6) is -1.36. The van der Waals surface area contributed by atoms with E-state index < -0.39 is 22.8 Å². The fourth-order valence-corrected chi connectivity index (χ4v) is 1.31. The minimum Gasteiger partial charge on any atom is -0.481 e. The smallest absolute Gasteiger partial charge is 0.311 e. The number of carbonyl (C=O) groups is 2. The molecular weight excluding hydrogens is 234 g/mol. The molecule has 0 fully saturated rings. The second-order valence-electron chi connectivity index (χ2n) is 5.45. The Bertz CT molecular complexity index is 475. The Morgan fingerprint density at radius 1 is 1.33 bits per heavy atom. The number of carboxylic acids is 1. The van der Waals surface area contributed by atoms with Crippen LogP contribution < -0.4 is 5.32 Å². The Kier molecular flexibility index (Phi) is 3.50. The molecule has 1 aromatic heterocycles. The molecule has 0 saturated carbocycles. The molecule has 0 aliphatic carbocycles. The fraction of sp³-hybridized carbons (Fsp3) is 0.583. The van der Waals surface area contributed by atoms with Crippen molar-refractivity contribution in [3.8, 4) is 0 Å². The lowest BCUT2D eigenvalue weighted by molar-refractivity contribution is -0.150. The lowest BCUT2D eigenvalue weighted by atomic mass is 9.74. The number of carbonyl (C=O) groups excluding carboxylic acids is 1. The molecule has 0 spiro atoms. The number of nitrogens with one attached hydrogen (secondary N) is 2. The molecule has 6 heteroatoms. The molecule has 0 radical (unpaired) electrons. The Labute approximate surface area is 106 Å². The first-order valence-electron chi connectivity index (χ1n) is 5.66. The van der Waals surface area contributed by atoms with Crippen molar-refractivity contribution in [3.05, 3.63) is 17.5 Å². The van der Waals surface area contributed by atoms with Crippen molar-refractivity contribution in [2.75, 3.05) is 0 Å². The monoisotopic (exact) mass is 253 g/mol. The van der Waals surface area contributed by atoms with Crippen LogP contribution in [0.5, 0.6) is 0 Å². The fourth-order valence-electron chi connectivity index (χ4n) is 1.31. The summed E-state index contributed by atoms with van der Waals surface area (Å²) in [5, 5.41) is 18.4. The maximum atomic E-state index is 12.0. The van der Waals surface area contributed by atoms with Crippen molar-refractivity contribution in [1.29, 1.82) is 0 Å². The van der Waals surface area contributed by atoms with Gasteiger partial charge in [-0.1, -0.05) is 0 Å². The van der Waals surface area contributed by atoms with Gasteiger partial charge in [0.1, 0.15) is 5.69 Å². The first-order chi connectivity index (χ1) is 8.08. The van der Waals surface area contributed by atoms with E-state index in [0.717, 1.165) is 5.69 Å². The third-order valence-corrected chi connectivity index (χ3v) is 3.46. The minimum atomic E-state index is -1.09. The van der Waals surface area contributed by atoms with Gasteiger partial charge in [0.25, 0.3) is 5.91 Å². The van der Waals surface area contributed by atoms with Crippen LogP contribution in [0.3, 0.4) is 0 Å².